The minimum absolute atomic E-state index is 0.0540. The fourth-order valence-electron chi connectivity index (χ4n) is 4.06. The van der Waals surface area contributed by atoms with Crippen molar-refractivity contribution in [3.63, 3.8) is 0 Å². The molecular weight excluding hydrogens is 523 g/mol. The number of aromatic nitrogens is 2. The quantitative estimate of drug-likeness (QED) is 0.325. The Balaban J connectivity index is 0.000000470. The molecule has 2 aromatic carbocycles. The first-order valence-electron chi connectivity index (χ1n) is 12.6. The predicted molar refractivity (Wildman–Crippen MR) is 144 cm³/mol. The minimum Gasteiger partial charge on any atom is -0.479 e. The van der Waals surface area contributed by atoms with E-state index in [9.17, 15) is 22.8 Å². The van der Waals surface area contributed by atoms with Crippen LogP contribution in [0.3, 0.4) is 0 Å². The Labute approximate surface area is 229 Å². The molecule has 1 N–H and O–H groups in total. The molecule has 1 aliphatic heterocycles. The summed E-state index contributed by atoms with van der Waals surface area (Å²) in [6.07, 6.45) is 1.34. The number of rotatable bonds is 5. The van der Waals surface area contributed by atoms with Crippen molar-refractivity contribution in [1.29, 1.82) is 0 Å². The van der Waals surface area contributed by atoms with E-state index in [1.165, 1.54) is 4.90 Å². The van der Waals surface area contributed by atoms with E-state index < -0.39 is 30.1 Å². The second-order valence-corrected chi connectivity index (χ2v) is 9.77. The van der Waals surface area contributed by atoms with Crippen LogP contribution in [0.15, 0.2) is 85.2 Å². The van der Waals surface area contributed by atoms with Crippen molar-refractivity contribution in [3.8, 4) is 17.0 Å². The Hall–Kier alpha value is -4.47. The molecule has 40 heavy (non-hydrogen) atoms. The Bertz CT molecular complexity index is 1490. The van der Waals surface area contributed by atoms with Crippen LogP contribution in [-0.2, 0) is 4.79 Å². The predicted octanol–water partition coefficient (Wildman–Crippen LogP) is 6.04. The van der Waals surface area contributed by atoms with Crippen LogP contribution in [0.5, 0.6) is 5.88 Å². The van der Waals surface area contributed by atoms with Gasteiger partial charge in [0.1, 0.15) is 0 Å². The SMILES string of the molecule is CC(C)(F)C(=O)O.O=C(c1ccccc1-c1ccncc1)N1CCC(F)(F)C(Oc2ccc3ccccc3n2)C1. The number of nitrogens with zero attached hydrogens (tertiary/aromatic N) is 3. The summed E-state index contributed by atoms with van der Waals surface area (Å²) in [5, 5.41) is 8.77. The van der Waals surface area contributed by atoms with Crippen molar-refractivity contribution < 1.29 is 32.6 Å². The van der Waals surface area contributed by atoms with Crippen molar-refractivity contribution in [2.75, 3.05) is 13.1 Å². The highest BCUT2D eigenvalue weighted by Crippen LogP contribution is 2.33. The highest BCUT2D eigenvalue weighted by atomic mass is 19.3. The van der Waals surface area contributed by atoms with Gasteiger partial charge in [0.25, 0.3) is 11.8 Å². The van der Waals surface area contributed by atoms with Gasteiger partial charge in [-0.2, -0.15) is 0 Å². The fourth-order valence-corrected chi connectivity index (χ4v) is 4.06. The van der Waals surface area contributed by atoms with Crippen LogP contribution in [0.2, 0.25) is 0 Å². The van der Waals surface area contributed by atoms with Gasteiger partial charge in [0.15, 0.2) is 6.10 Å². The van der Waals surface area contributed by atoms with Crippen molar-refractivity contribution in [3.05, 3.63) is 90.8 Å². The number of halogens is 3. The number of carboxylic acids is 1. The molecule has 1 unspecified atom stereocenters. The standard InChI is InChI=1S/C26H21F2N3O2.C4H7FO2/c27-26(28)13-16-31(17-23(26)33-24-10-9-19-5-1-4-8-22(19)30-24)25(32)21-7-3-2-6-20(21)18-11-14-29-15-12-18;1-4(2,5)3(6)7/h1-12,14-15,23H,13,16-17H2;1-2H3,(H,6,7). The topological polar surface area (TPSA) is 92.6 Å². The summed E-state index contributed by atoms with van der Waals surface area (Å²) in [6.45, 7) is 1.71. The molecule has 10 heteroatoms. The van der Waals surface area contributed by atoms with Gasteiger partial charge < -0.3 is 14.7 Å². The summed E-state index contributed by atoms with van der Waals surface area (Å²) >= 11 is 0. The van der Waals surface area contributed by atoms with Crippen LogP contribution in [0.25, 0.3) is 22.0 Å². The molecule has 0 saturated carbocycles. The maximum atomic E-state index is 14.8. The number of carbonyl (C=O) groups is 2. The van der Waals surface area contributed by atoms with Crippen LogP contribution in [0, 0.1) is 0 Å². The zero-order chi connectivity index (χ0) is 28.9. The lowest BCUT2D eigenvalue weighted by Gasteiger charge is -2.38. The molecule has 0 radical (unpaired) electrons. The first-order valence-corrected chi connectivity index (χ1v) is 12.6. The van der Waals surface area contributed by atoms with Gasteiger partial charge in [-0.1, -0.05) is 36.4 Å². The smallest absolute Gasteiger partial charge is 0.340 e. The molecule has 4 aromatic rings. The number of pyridine rings is 2. The molecule has 0 bridgehead atoms. The maximum absolute atomic E-state index is 14.8. The lowest BCUT2D eigenvalue weighted by molar-refractivity contribution is -0.148. The number of ether oxygens (including phenoxy) is 1. The third kappa shape index (κ3) is 6.74. The number of fused-ring (bicyclic) bond motifs is 1. The second-order valence-electron chi connectivity index (χ2n) is 9.77. The number of carboxylic acid groups (broad SMARTS) is 1. The highest BCUT2D eigenvalue weighted by molar-refractivity contribution is 6.01. The largest absolute Gasteiger partial charge is 0.479 e. The number of likely N-dealkylation sites (tertiary alicyclic amines) is 1. The molecule has 5 rings (SSSR count). The van der Waals surface area contributed by atoms with Gasteiger partial charge in [0.2, 0.25) is 11.5 Å². The van der Waals surface area contributed by atoms with Gasteiger partial charge in [-0.25, -0.2) is 22.9 Å². The van der Waals surface area contributed by atoms with E-state index in [0.717, 1.165) is 30.4 Å². The summed E-state index contributed by atoms with van der Waals surface area (Å²) in [4.78, 5) is 32.8. The van der Waals surface area contributed by atoms with Crippen molar-refractivity contribution in [2.24, 2.45) is 0 Å². The van der Waals surface area contributed by atoms with Crippen LogP contribution in [0.4, 0.5) is 13.2 Å². The van der Waals surface area contributed by atoms with Crippen molar-refractivity contribution in [2.45, 2.75) is 38.0 Å². The summed E-state index contributed by atoms with van der Waals surface area (Å²) < 4.78 is 47.1. The van der Waals surface area contributed by atoms with E-state index in [1.54, 1.807) is 42.7 Å². The lowest BCUT2D eigenvalue weighted by Crippen LogP contribution is -2.55. The van der Waals surface area contributed by atoms with Gasteiger partial charge in [-0.05, 0) is 55.3 Å². The molecule has 1 aliphatic rings. The van der Waals surface area contributed by atoms with Gasteiger partial charge in [-0.3, -0.25) is 9.78 Å². The van der Waals surface area contributed by atoms with Crippen LogP contribution in [-0.4, -0.2) is 62.6 Å². The second kappa shape index (κ2) is 11.7. The highest BCUT2D eigenvalue weighted by Gasteiger charge is 2.47. The molecule has 2 aromatic heterocycles. The molecule has 0 aliphatic carbocycles. The Morgan fingerprint density at radius 2 is 1.65 bits per heavy atom. The number of alkyl halides is 3. The summed E-state index contributed by atoms with van der Waals surface area (Å²) in [7, 11) is 0. The van der Waals surface area contributed by atoms with E-state index in [2.05, 4.69) is 9.97 Å². The molecule has 0 spiro atoms. The molecule has 1 amide bonds. The van der Waals surface area contributed by atoms with E-state index in [4.69, 9.17) is 9.84 Å². The summed E-state index contributed by atoms with van der Waals surface area (Å²) in [5.41, 5.74) is 0.602. The number of amides is 1. The maximum Gasteiger partial charge on any atom is 0.340 e. The number of hydrogen-bond donors (Lipinski definition) is 1. The zero-order valence-electron chi connectivity index (χ0n) is 21.9. The molecule has 208 valence electrons. The van der Waals surface area contributed by atoms with Crippen LogP contribution in [0.1, 0.15) is 30.6 Å². The van der Waals surface area contributed by atoms with Gasteiger partial charge in [-0.15, -0.1) is 0 Å². The van der Waals surface area contributed by atoms with Gasteiger partial charge >= 0.3 is 5.97 Å². The lowest BCUT2D eigenvalue weighted by atomic mass is 9.97. The molecule has 1 saturated heterocycles. The average molecular weight is 552 g/mol. The van der Waals surface area contributed by atoms with Crippen LogP contribution >= 0.6 is 0 Å². The molecule has 3 heterocycles. The Morgan fingerprint density at radius 1 is 1.00 bits per heavy atom. The molecule has 1 fully saturated rings. The number of aliphatic carboxylic acids is 1. The Morgan fingerprint density at radius 3 is 2.35 bits per heavy atom. The normalized spacial score (nSPS) is 16.5. The summed E-state index contributed by atoms with van der Waals surface area (Å²) in [5.74, 6) is -4.69. The minimum atomic E-state index is -3.07. The van der Waals surface area contributed by atoms with Gasteiger partial charge in [0, 0.05) is 42.4 Å². The van der Waals surface area contributed by atoms with Crippen LogP contribution < -0.4 is 4.74 Å². The molecular formula is C30H28F3N3O4. The van der Waals surface area contributed by atoms with Gasteiger partial charge in [0.05, 0.1) is 12.1 Å². The summed E-state index contributed by atoms with van der Waals surface area (Å²) in [6, 6.07) is 21.6. The van der Waals surface area contributed by atoms with E-state index in [1.807, 2.05) is 42.5 Å². The van der Waals surface area contributed by atoms with E-state index >= 15 is 0 Å². The van der Waals surface area contributed by atoms with Crippen molar-refractivity contribution in [1.82, 2.24) is 14.9 Å². The first-order chi connectivity index (χ1) is 19.0. The number of piperidine rings is 1. The first kappa shape index (κ1) is 28.5. The molecule has 1 atom stereocenters. The number of para-hydroxylation sites is 1. The zero-order valence-corrected chi connectivity index (χ0v) is 21.9. The third-order valence-electron chi connectivity index (χ3n) is 6.35. The number of benzene rings is 2. The number of carbonyl (C=O) groups excluding carboxylic acids is 1. The Kier molecular flexibility index (Phi) is 8.37. The van der Waals surface area contributed by atoms with Crippen molar-refractivity contribution >= 4 is 22.8 Å². The molecule has 7 nitrogen and oxygen atoms in total. The number of hydrogen-bond acceptors (Lipinski definition) is 5. The monoisotopic (exact) mass is 551 g/mol. The van der Waals surface area contributed by atoms with E-state index in [0.29, 0.717) is 11.1 Å². The fraction of sp³-hybridized carbons (Fsp3) is 0.267. The average Bonchev–Trinajstić information content (AvgIpc) is 2.94. The van der Waals surface area contributed by atoms with E-state index in [-0.39, 0.29) is 24.9 Å². The third-order valence-corrected chi connectivity index (χ3v) is 6.35.